The van der Waals surface area contributed by atoms with E-state index in [9.17, 15) is 14.0 Å². The molecule has 0 bridgehead atoms. The number of benzene rings is 2. The van der Waals surface area contributed by atoms with E-state index in [0.717, 1.165) is 5.56 Å². The van der Waals surface area contributed by atoms with Crippen LogP contribution < -0.4 is 10.6 Å². The fourth-order valence-corrected chi connectivity index (χ4v) is 3.30. The summed E-state index contributed by atoms with van der Waals surface area (Å²) in [6.07, 6.45) is 2.62. The quantitative estimate of drug-likeness (QED) is 0.812. The Hall–Kier alpha value is -2.69. The maximum atomic E-state index is 13.1. The topological polar surface area (TPSA) is 63.4 Å². The van der Waals surface area contributed by atoms with Crippen LogP contribution in [0.25, 0.3) is 0 Å². The molecule has 0 aromatic heterocycles. The number of anilines is 1. The highest BCUT2D eigenvalue weighted by atomic mass is 19.1. The van der Waals surface area contributed by atoms with Crippen LogP contribution in [0.5, 0.6) is 0 Å². The van der Waals surface area contributed by atoms with Gasteiger partial charge >= 0.3 is 0 Å². The minimum Gasteiger partial charge on any atom is -0.369 e. The van der Waals surface area contributed by atoms with Crippen molar-refractivity contribution in [2.45, 2.75) is 39.5 Å². The number of carbonyl (C=O) groups is 2. The van der Waals surface area contributed by atoms with E-state index < -0.39 is 11.3 Å². The molecule has 0 aliphatic carbocycles. The monoisotopic (exact) mass is 372 g/mol. The van der Waals surface area contributed by atoms with Crippen molar-refractivity contribution in [1.82, 2.24) is 0 Å². The zero-order valence-electron chi connectivity index (χ0n) is 16.0. The molecule has 2 N–H and O–H groups in total. The summed E-state index contributed by atoms with van der Waals surface area (Å²) in [5.41, 5.74) is 5.88. The Balaban J connectivity index is 0.000000921. The number of nitrogens with zero attached hydrogens (tertiary/aromatic N) is 1. The summed E-state index contributed by atoms with van der Waals surface area (Å²) >= 11 is 0. The number of primary amides is 1. The molecule has 1 atom stereocenters. The lowest BCUT2D eigenvalue weighted by Crippen LogP contribution is -2.56. The SMILES string of the molecule is CCC.NC(=O)[C@]1(Cc2ccccc2)CCCN(c2ccc(F)cc2)C1=O.[HH]. The van der Waals surface area contributed by atoms with Crippen LogP contribution in [-0.4, -0.2) is 18.4 Å². The van der Waals surface area contributed by atoms with Crippen LogP contribution in [0.2, 0.25) is 0 Å². The third kappa shape index (κ3) is 4.73. The molecule has 4 nitrogen and oxygen atoms in total. The molecule has 2 aromatic carbocycles. The van der Waals surface area contributed by atoms with Gasteiger partial charge in [0, 0.05) is 13.7 Å². The molecule has 1 saturated heterocycles. The number of carbonyl (C=O) groups excluding carboxylic acids is 2. The highest BCUT2D eigenvalue weighted by Gasteiger charge is 2.49. The lowest BCUT2D eigenvalue weighted by atomic mass is 9.73. The minimum absolute atomic E-state index is 0. The van der Waals surface area contributed by atoms with Crippen molar-refractivity contribution in [3.8, 4) is 0 Å². The van der Waals surface area contributed by atoms with Gasteiger partial charge in [-0.2, -0.15) is 0 Å². The number of hydrogen-bond acceptors (Lipinski definition) is 2. The highest BCUT2D eigenvalue weighted by molar-refractivity contribution is 6.12. The first-order chi connectivity index (χ1) is 12.9. The molecule has 0 unspecified atom stereocenters. The van der Waals surface area contributed by atoms with Gasteiger partial charge < -0.3 is 10.6 Å². The highest BCUT2D eigenvalue weighted by Crippen LogP contribution is 2.37. The van der Waals surface area contributed by atoms with Gasteiger partial charge in [0.25, 0.3) is 0 Å². The Labute approximate surface area is 161 Å². The van der Waals surface area contributed by atoms with Crippen LogP contribution in [0.15, 0.2) is 54.6 Å². The smallest absolute Gasteiger partial charge is 0.243 e. The van der Waals surface area contributed by atoms with Crippen molar-refractivity contribution < 1.29 is 15.4 Å². The summed E-state index contributed by atoms with van der Waals surface area (Å²) in [5, 5.41) is 0. The largest absolute Gasteiger partial charge is 0.369 e. The van der Waals surface area contributed by atoms with Crippen molar-refractivity contribution in [2.75, 3.05) is 11.4 Å². The van der Waals surface area contributed by atoms with E-state index in [1.54, 1.807) is 12.1 Å². The standard InChI is InChI=1S/C19H19FN2O2.C3H8.H2/c20-15-7-9-16(10-8-15)22-12-4-11-19(17(21)23,18(22)24)13-14-5-2-1-3-6-14;1-3-2;/h1-3,5-10H,4,11-13H2,(H2,21,23);3H2,1-2H3;1H/t19-;;/m1../s1. The average Bonchev–Trinajstić information content (AvgIpc) is 2.66. The molecule has 27 heavy (non-hydrogen) atoms. The van der Waals surface area contributed by atoms with Gasteiger partial charge in [-0.25, -0.2) is 4.39 Å². The van der Waals surface area contributed by atoms with Gasteiger partial charge in [-0.1, -0.05) is 50.6 Å². The molecular weight excluding hydrogens is 343 g/mol. The molecule has 1 heterocycles. The van der Waals surface area contributed by atoms with E-state index in [-0.39, 0.29) is 19.6 Å². The van der Waals surface area contributed by atoms with Crippen LogP contribution in [0.3, 0.4) is 0 Å². The van der Waals surface area contributed by atoms with Crippen LogP contribution in [0, 0.1) is 11.2 Å². The van der Waals surface area contributed by atoms with E-state index >= 15 is 0 Å². The zero-order chi connectivity index (χ0) is 19.9. The number of halogens is 1. The van der Waals surface area contributed by atoms with Crippen molar-refractivity contribution in [3.63, 3.8) is 0 Å². The number of amides is 2. The van der Waals surface area contributed by atoms with Gasteiger partial charge in [-0.15, -0.1) is 0 Å². The normalized spacial score (nSPS) is 19.2. The summed E-state index contributed by atoms with van der Waals surface area (Å²) < 4.78 is 13.1. The lowest BCUT2D eigenvalue weighted by Gasteiger charge is -2.39. The van der Waals surface area contributed by atoms with Gasteiger partial charge in [0.1, 0.15) is 11.2 Å². The summed E-state index contributed by atoms with van der Waals surface area (Å²) in [6.45, 7) is 4.74. The molecule has 1 aliphatic rings. The summed E-state index contributed by atoms with van der Waals surface area (Å²) in [6, 6.07) is 15.1. The van der Waals surface area contributed by atoms with E-state index in [1.165, 1.54) is 23.5 Å². The second-order valence-electron chi connectivity index (χ2n) is 6.85. The zero-order valence-corrected chi connectivity index (χ0v) is 16.0. The second-order valence-corrected chi connectivity index (χ2v) is 6.85. The third-order valence-corrected chi connectivity index (χ3v) is 4.60. The van der Waals surface area contributed by atoms with E-state index in [0.29, 0.717) is 25.1 Å². The van der Waals surface area contributed by atoms with Gasteiger partial charge in [-0.3, -0.25) is 9.59 Å². The van der Waals surface area contributed by atoms with Crippen LogP contribution in [0.1, 0.15) is 40.1 Å². The molecule has 1 fully saturated rings. The van der Waals surface area contributed by atoms with Gasteiger partial charge in [-0.05, 0) is 49.1 Å². The van der Waals surface area contributed by atoms with Crippen molar-refractivity contribution >= 4 is 17.5 Å². The summed E-state index contributed by atoms with van der Waals surface area (Å²) in [5.74, 6) is -1.28. The second kappa shape index (κ2) is 9.31. The molecule has 5 heteroatoms. The van der Waals surface area contributed by atoms with Gasteiger partial charge in [0.15, 0.2) is 0 Å². The first-order valence-corrected chi connectivity index (χ1v) is 9.36. The molecule has 0 radical (unpaired) electrons. The predicted octanol–water partition coefficient (Wildman–Crippen LogP) is 4.33. The molecule has 0 saturated carbocycles. The van der Waals surface area contributed by atoms with E-state index in [1.807, 2.05) is 30.3 Å². The third-order valence-electron chi connectivity index (χ3n) is 4.60. The molecule has 146 valence electrons. The van der Waals surface area contributed by atoms with Gasteiger partial charge in [0.2, 0.25) is 11.8 Å². The molecule has 2 aromatic rings. The molecular formula is C22H29FN2O2. The Morgan fingerprint density at radius 2 is 1.74 bits per heavy atom. The minimum atomic E-state index is -1.26. The van der Waals surface area contributed by atoms with Crippen LogP contribution in [0.4, 0.5) is 10.1 Å². The lowest BCUT2D eigenvalue weighted by molar-refractivity contribution is -0.142. The first kappa shape index (κ1) is 20.6. The fraction of sp³-hybridized carbons (Fsp3) is 0.364. The predicted molar refractivity (Wildman–Crippen MR) is 108 cm³/mol. The average molecular weight is 372 g/mol. The molecule has 1 aliphatic heterocycles. The Morgan fingerprint density at radius 3 is 2.30 bits per heavy atom. The number of piperidine rings is 1. The van der Waals surface area contributed by atoms with E-state index in [2.05, 4.69) is 13.8 Å². The molecule has 3 rings (SSSR count). The van der Waals surface area contributed by atoms with Crippen LogP contribution >= 0.6 is 0 Å². The fourth-order valence-electron chi connectivity index (χ4n) is 3.30. The summed E-state index contributed by atoms with van der Waals surface area (Å²) in [4.78, 5) is 26.9. The first-order valence-electron chi connectivity index (χ1n) is 9.36. The number of nitrogens with two attached hydrogens (primary N) is 1. The van der Waals surface area contributed by atoms with Gasteiger partial charge in [0.05, 0.1) is 0 Å². The molecule has 2 amide bonds. The van der Waals surface area contributed by atoms with Crippen molar-refractivity contribution in [1.29, 1.82) is 0 Å². The number of rotatable bonds is 4. The van der Waals surface area contributed by atoms with Crippen molar-refractivity contribution in [3.05, 3.63) is 66.0 Å². The Morgan fingerprint density at radius 1 is 1.15 bits per heavy atom. The van der Waals surface area contributed by atoms with Crippen LogP contribution in [-0.2, 0) is 16.0 Å². The maximum Gasteiger partial charge on any atom is 0.243 e. The Bertz CT molecular complexity index is 768. The molecule has 0 spiro atoms. The van der Waals surface area contributed by atoms with Crippen molar-refractivity contribution in [2.24, 2.45) is 11.1 Å². The number of hydrogen-bond donors (Lipinski definition) is 1. The van der Waals surface area contributed by atoms with E-state index in [4.69, 9.17) is 5.73 Å². The Kier molecular flexibility index (Phi) is 7.11. The summed E-state index contributed by atoms with van der Waals surface area (Å²) in [7, 11) is 0. The maximum absolute atomic E-state index is 13.1.